The zero-order valence-corrected chi connectivity index (χ0v) is 16.2. The first-order valence-corrected chi connectivity index (χ1v) is 9.51. The number of nitrogens with zero attached hydrogens (tertiary/aromatic N) is 2. The molecular weight excluding hydrogens is 372 g/mol. The molecule has 4 heteroatoms. The van der Waals surface area contributed by atoms with E-state index in [1.807, 2.05) is 66.7 Å². The standard InChI is InChI=1S/C26H18N2O2/c27-17-20-6-3-8-22(15-20)26(29)14-11-19-5-4-9-24(16-19)30-18-23-13-12-21-7-1-2-10-25(21)28-23/h1-16H,18H2/b14-11+. The summed E-state index contributed by atoms with van der Waals surface area (Å²) in [6.45, 7) is 0.359. The Balaban J connectivity index is 1.43. The summed E-state index contributed by atoms with van der Waals surface area (Å²) in [6, 6.07) is 28.2. The van der Waals surface area contributed by atoms with Crippen LogP contribution >= 0.6 is 0 Å². The quantitative estimate of drug-likeness (QED) is 0.318. The van der Waals surface area contributed by atoms with Gasteiger partial charge in [0.15, 0.2) is 5.78 Å². The first-order chi connectivity index (χ1) is 14.7. The van der Waals surface area contributed by atoms with Gasteiger partial charge >= 0.3 is 0 Å². The van der Waals surface area contributed by atoms with E-state index in [0.717, 1.165) is 22.2 Å². The van der Waals surface area contributed by atoms with Crippen LogP contribution in [0.3, 0.4) is 0 Å². The Hall–Kier alpha value is -4.23. The van der Waals surface area contributed by atoms with Gasteiger partial charge in [0.25, 0.3) is 0 Å². The summed E-state index contributed by atoms with van der Waals surface area (Å²) in [4.78, 5) is 17.0. The molecule has 0 atom stereocenters. The summed E-state index contributed by atoms with van der Waals surface area (Å²) in [6.07, 6.45) is 3.24. The molecule has 0 saturated carbocycles. The maximum Gasteiger partial charge on any atom is 0.185 e. The highest BCUT2D eigenvalue weighted by Gasteiger charge is 2.04. The van der Waals surface area contributed by atoms with E-state index in [0.29, 0.717) is 23.5 Å². The zero-order chi connectivity index (χ0) is 20.8. The number of benzene rings is 3. The molecule has 0 saturated heterocycles. The van der Waals surface area contributed by atoms with Gasteiger partial charge < -0.3 is 4.74 Å². The third-order valence-corrected chi connectivity index (χ3v) is 4.60. The van der Waals surface area contributed by atoms with Crippen molar-refractivity contribution >= 4 is 22.8 Å². The Kier molecular flexibility index (Phi) is 5.63. The van der Waals surface area contributed by atoms with Crippen molar-refractivity contribution in [2.45, 2.75) is 6.61 Å². The fourth-order valence-electron chi connectivity index (χ4n) is 3.06. The number of rotatable bonds is 6. The molecule has 0 N–H and O–H groups in total. The number of nitriles is 1. The zero-order valence-electron chi connectivity index (χ0n) is 16.2. The fraction of sp³-hybridized carbons (Fsp3) is 0.0385. The Bertz CT molecular complexity index is 1290. The largest absolute Gasteiger partial charge is 0.487 e. The van der Waals surface area contributed by atoms with Crippen LogP contribution in [-0.2, 0) is 6.61 Å². The molecule has 0 fully saturated rings. The molecule has 4 rings (SSSR count). The van der Waals surface area contributed by atoms with Gasteiger partial charge in [-0.1, -0.05) is 54.6 Å². The van der Waals surface area contributed by atoms with E-state index in [-0.39, 0.29) is 5.78 Å². The number of pyridine rings is 1. The summed E-state index contributed by atoms with van der Waals surface area (Å²) >= 11 is 0. The van der Waals surface area contributed by atoms with Gasteiger partial charge in [-0.3, -0.25) is 4.79 Å². The van der Waals surface area contributed by atoms with E-state index in [4.69, 9.17) is 10.00 Å². The molecule has 4 nitrogen and oxygen atoms in total. The van der Waals surface area contributed by atoms with Crippen molar-refractivity contribution in [1.82, 2.24) is 4.98 Å². The topological polar surface area (TPSA) is 63.0 Å². The molecule has 0 amide bonds. The Morgan fingerprint density at radius 2 is 1.83 bits per heavy atom. The van der Waals surface area contributed by atoms with Crippen molar-refractivity contribution in [2.75, 3.05) is 0 Å². The van der Waals surface area contributed by atoms with Crippen molar-refractivity contribution < 1.29 is 9.53 Å². The lowest BCUT2D eigenvalue weighted by atomic mass is 10.1. The van der Waals surface area contributed by atoms with E-state index in [2.05, 4.69) is 4.98 Å². The van der Waals surface area contributed by atoms with Crippen molar-refractivity contribution in [3.05, 3.63) is 113 Å². The minimum Gasteiger partial charge on any atom is -0.487 e. The van der Waals surface area contributed by atoms with Gasteiger partial charge in [-0.25, -0.2) is 4.98 Å². The summed E-state index contributed by atoms with van der Waals surface area (Å²) in [5, 5.41) is 10.1. The van der Waals surface area contributed by atoms with Crippen LogP contribution in [0.4, 0.5) is 0 Å². The van der Waals surface area contributed by atoms with Gasteiger partial charge in [0.05, 0.1) is 22.8 Å². The lowest BCUT2D eigenvalue weighted by molar-refractivity contribution is 0.104. The van der Waals surface area contributed by atoms with Gasteiger partial charge in [-0.05, 0) is 48.0 Å². The molecule has 1 aromatic heterocycles. The van der Waals surface area contributed by atoms with Gasteiger partial charge in [0.1, 0.15) is 12.4 Å². The maximum atomic E-state index is 12.4. The van der Waals surface area contributed by atoms with E-state index in [9.17, 15) is 4.79 Å². The van der Waals surface area contributed by atoms with E-state index < -0.39 is 0 Å². The lowest BCUT2D eigenvalue weighted by Gasteiger charge is -2.07. The highest BCUT2D eigenvalue weighted by atomic mass is 16.5. The number of hydrogen-bond donors (Lipinski definition) is 0. The molecule has 30 heavy (non-hydrogen) atoms. The molecule has 0 aliphatic heterocycles. The predicted octanol–water partition coefficient (Wildman–Crippen LogP) is 5.58. The highest BCUT2D eigenvalue weighted by Crippen LogP contribution is 2.18. The van der Waals surface area contributed by atoms with Crippen molar-refractivity contribution in [3.63, 3.8) is 0 Å². The molecule has 0 aliphatic rings. The highest BCUT2D eigenvalue weighted by molar-refractivity contribution is 6.07. The van der Waals surface area contributed by atoms with Crippen LogP contribution in [0, 0.1) is 11.3 Å². The van der Waals surface area contributed by atoms with E-state index in [1.165, 1.54) is 6.08 Å². The number of ketones is 1. The second-order valence-electron chi connectivity index (χ2n) is 6.75. The van der Waals surface area contributed by atoms with Gasteiger partial charge in [-0.15, -0.1) is 0 Å². The third-order valence-electron chi connectivity index (χ3n) is 4.60. The van der Waals surface area contributed by atoms with Crippen molar-refractivity contribution in [1.29, 1.82) is 5.26 Å². The van der Waals surface area contributed by atoms with Crippen LogP contribution in [0.25, 0.3) is 17.0 Å². The van der Waals surface area contributed by atoms with Crippen LogP contribution in [-0.4, -0.2) is 10.8 Å². The molecule has 0 spiro atoms. The smallest absolute Gasteiger partial charge is 0.185 e. The average Bonchev–Trinajstić information content (AvgIpc) is 2.81. The molecule has 4 aromatic rings. The van der Waals surface area contributed by atoms with Crippen LogP contribution in [0.2, 0.25) is 0 Å². The molecule has 0 unspecified atom stereocenters. The van der Waals surface area contributed by atoms with Gasteiger partial charge in [0.2, 0.25) is 0 Å². The number of para-hydroxylation sites is 1. The number of hydrogen-bond acceptors (Lipinski definition) is 4. The Morgan fingerprint density at radius 1 is 0.967 bits per heavy atom. The third kappa shape index (κ3) is 4.60. The minimum absolute atomic E-state index is 0.154. The summed E-state index contributed by atoms with van der Waals surface area (Å²) in [7, 11) is 0. The van der Waals surface area contributed by atoms with Crippen LogP contribution < -0.4 is 4.74 Å². The number of carbonyl (C=O) groups excluding carboxylic acids is 1. The first-order valence-electron chi connectivity index (χ1n) is 9.51. The molecule has 3 aromatic carbocycles. The van der Waals surface area contributed by atoms with E-state index >= 15 is 0 Å². The molecular formula is C26H18N2O2. The molecule has 144 valence electrons. The number of allylic oxidation sites excluding steroid dienone is 1. The number of fused-ring (bicyclic) bond motifs is 1. The minimum atomic E-state index is -0.154. The Labute approximate surface area is 174 Å². The normalized spacial score (nSPS) is 10.8. The van der Waals surface area contributed by atoms with Crippen LogP contribution in [0.1, 0.15) is 27.2 Å². The number of aromatic nitrogens is 1. The monoisotopic (exact) mass is 390 g/mol. The number of carbonyl (C=O) groups is 1. The van der Waals surface area contributed by atoms with Crippen molar-refractivity contribution in [2.24, 2.45) is 0 Å². The summed E-state index contributed by atoms with van der Waals surface area (Å²) in [5.74, 6) is 0.546. The summed E-state index contributed by atoms with van der Waals surface area (Å²) in [5.41, 5.74) is 3.59. The predicted molar refractivity (Wildman–Crippen MR) is 117 cm³/mol. The molecule has 0 radical (unpaired) electrons. The lowest BCUT2D eigenvalue weighted by Crippen LogP contribution is -1.98. The van der Waals surface area contributed by atoms with Crippen LogP contribution in [0.15, 0.2) is 91.0 Å². The van der Waals surface area contributed by atoms with Crippen LogP contribution in [0.5, 0.6) is 5.75 Å². The summed E-state index contributed by atoms with van der Waals surface area (Å²) < 4.78 is 5.89. The fourth-order valence-corrected chi connectivity index (χ4v) is 3.06. The average molecular weight is 390 g/mol. The second-order valence-corrected chi connectivity index (χ2v) is 6.75. The Morgan fingerprint density at radius 3 is 2.73 bits per heavy atom. The molecule has 1 heterocycles. The van der Waals surface area contributed by atoms with Gasteiger partial charge in [0, 0.05) is 10.9 Å². The van der Waals surface area contributed by atoms with E-state index in [1.54, 1.807) is 30.3 Å². The van der Waals surface area contributed by atoms with Crippen molar-refractivity contribution in [3.8, 4) is 11.8 Å². The molecule has 0 aliphatic carbocycles. The molecule has 0 bridgehead atoms. The SMILES string of the molecule is N#Cc1cccc(C(=O)/C=C/c2cccc(OCc3ccc4ccccc4n3)c2)c1. The van der Waals surface area contributed by atoms with Gasteiger partial charge in [-0.2, -0.15) is 5.26 Å². The number of ether oxygens (including phenoxy) is 1. The maximum absolute atomic E-state index is 12.4. The first kappa shape index (κ1) is 19.1. The second kappa shape index (κ2) is 8.85.